The van der Waals surface area contributed by atoms with Gasteiger partial charge in [0.15, 0.2) is 0 Å². The third kappa shape index (κ3) is 2.16. The van der Waals surface area contributed by atoms with Gasteiger partial charge in [-0.05, 0) is 33.6 Å². The van der Waals surface area contributed by atoms with Crippen molar-refractivity contribution < 1.29 is 0 Å². The first-order valence-electron chi connectivity index (χ1n) is 5.83. The van der Waals surface area contributed by atoms with Crippen molar-refractivity contribution in [1.82, 2.24) is 9.36 Å². The fourth-order valence-corrected chi connectivity index (χ4v) is 1.92. The molecule has 1 aromatic rings. The second-order valence-corrected chi connectivity index (χ2v) is 4.33. The fraction of sp³-hybridized carbons (Fsp3) is 0.750. The number of rotatable bonds is 4. The Morgan fingerprint density at radius 1 is 1.13 bits per heavy atom. The molecular formula is C12H22N2O. The van der Waals surface area contributed by atoms with Gasteiger partial charge in [-0.25, -0.2) is 4.68 Å². The average molecular weight is 210 g/mol. The molecule has 0 radical (unpaired) electrons. The van der Waals surface area contributed by atoms with Crippen molar-refractivity contribution in [2.45, 2.75) is 59.5 Å². The first-order valence-corrected chi connectivity index (χ1v) is 5.83. The molecule has 0 fully saturated rings. The minimum atomic E-state index is 0.127. The van der Waals surface area contributed by atoms with Gasteiger partial charge in [0.05, 0.1) is 6.04 Å². The minimum Gasteiger partial charge on any atom is -0.284 e. The summed E-state index contributed by atoms with van der Waals surface area (Å²) in [5.74, 6) is 0. The van der Waals surface area contributed by atoms with Gasteiger partial charge in [0, 0.05) is 17.8 Å². The van der Waals surface area contributed by atoms with Crippen LogP contribution in [0, 0.1) is 6.92 Å². The molecule has 0 aliphatic carbocycles. The summed E-state index contributed by atoms with van der Waals surface area (Å²) < 4.78 is 4.03. The Kier molecular flexibility index (Phi) is 3.77. The van der Waals surface area contributed by atoms with Crippen molar-refractivity contribution in [2.75, 3.05) is 0 Å². The molecule has 0 N–H and O–H groups in total. The van der Waals surface area contributed by atoms with Crippen LogP contribution in [0.15, 0.2) is 10.9 Å². The number of aromatic nitrogens is 2. The van der Waals surface area contributed by atoms with E-state index in [4.69, 9.17) is 0 Å². The molecule has 1 heterocycles. The van der Waals surface area contributed by atoms with Gasteiger partial charge in [-0.3, -0.25) is 9.48 Å². The maximum Gasteiger partial charge on any atom is 0.267 e. The maximum atomic E-state index is 11.8. The van der Waals surface area contributed by atoms with Crippen LogP contribution in [0.3, 0.4) is 0 Å². The standard InChI is InChI=1S/C12H22N2O/c1-6-9(3)13-11(5)8-12(15)14(13)10(4)7-2/h8-10H,6-7H2,1-5H3/t9-,10+/m0/s1. The van der Waals surface area contributed by atoms with E-state index in [1.807, 2.05) is 11.6 Å². The van der Waals surface area contributed by atoms with E-state index in [9.17, 15) is 4.79 Å². The van der Waals surface area contributed by atoms with Gasteiger partial charge in [-0.15, -0.1) is 0 Å². The fourth-order valence-electron chi connectivity index (χ4n) is 1.92. The Bertz CT molecular complexity index is 375. The number of hydrogen-bond donors (Lipinski definition) is 0. The Balaban J connectivity index is 3.29. The van der Waals surface area contributed by atoms with Gasteiger partial charge in [0.25, 0.3) is 5.56 Å². The smallest absolute Gasteiger partial charge is 0.267 e. The third-order valence-corrected chi connectivity index (χ3v) is 3.17. The van der Waals surface area contributed by atoms with Crippen LogP contribution in [0.25, 0.3) is 0 Å². The lowest BCUT2D eigenvalue weighted by molar-refractivity contribution is 0.321. The molecule has 1 rings (SSSR count). The van der Waals surface area contributed by atoms with Crippen molar-refractivity contribution in [3.63, 3.8) is 0 Å². The van der Waals surface area contributed by atoms with Crippen molar-refractivity contribution in [3.05, 3.63) is 22.1 Å². The van der Waals surface area contributed by atoms with E-state index in [0.29, 0.717) is 6.04 Å². The van der Waals surface area contributed by atoms with E-state index in [1.165, 1.54) is 0 Å². The topological polar surface area (TPSA) is 26.9 Å². The zero-order chi connectivity index (χ0) is 11.6. The Morgan fingerprint density at radius 3 is 2.07 bits per heavy atom. The van der Waals surface area contributed by atoms with Crippen LogP contribution in [0.4, 0.5) is 0 Å². The molecule has 86 valence electrons. The normalized spacial score (nSPS) is 15.3. The lowest BCUT2D eigenvalue weighted by atomic mass is 10.2. The molecule has 3 heteroatoms. The zero-order valence-electron chi connectivity index (χ0n) is 10.4. The summed E-state index contributed by atoms with van der Waals surface area (Å²) >= 11 is 0. The molecule has 0 bridgehead atoms. The summed E-state index contributed by atoms with van der Waals surface area (Å²) in [7, 11) is 0. The summed E-state index contributed by atoms with van der Waals surface area (Å²) in [6.07, 6.45) is 2.03. The Hall–Kier alpha value is -0.990. The average Bonchev–Trinajstić information content (AvgIpc) is 2.51. The molecule has 2 atom stereocenters. The van der Waals surface area contributed by atoms with Crippen LogP contribution < -0.4 is 5.56 Å². The van der Waals surface area contributed by atoms with Gasteiger partial charge >= 0.3 is 0 Å². The molecule has 0 unspecified atom stereocenters. The highest BCUT2D eigenvalue weighted by molar-refractivity contribution is 5.01. The van der Waals surface area contributed by atoms with Gasteiger partial charge < -0.3 is 0 Å². The highest BCUT2D eigenvalue weighted by Crippen LogP contribution is 2.16. The van der Waals surface area contributed by atoms with Crippen molar-refractivity contribution in [2.24, 2.45) is 0 Å². The molecule has 0 spiro atoms. The van der Waals surface area contributed by atoms with Crippen molar-refractivity contribution in [3.8, 4) is 0 Å². The molecule has 0 aromatic carbocycles. The van der Waals surface area contributed by atoms with Gasteiger partial charge in [0.1, 0.15) is 0 Å². The van der Waals surface area contributed by atoms with Crippen LogP contribution in [0.2, 0.25) is 0 Å². The predicted octanol–water partition coefficient (Wildman–Crippen LogP) is 2.90. The first kappa shape index (κ1) is 12.1. The van der Waals surface area contributed by atoms with E-state index < -0.39 is 0 Å². The summed E-state index contributed by atoms with van der Waals surface area (Å²) in [6, 6.07) is 2.40. The minimum absolute atomic E-state index is 0.127. The van der Waals surface area contributed by atoms with E-state index in [-0.39, 0.29) is 11.6 Å². The van der Waals surface area contributed by atoms with E-state index in [2.05, 4.69) is 32.4 Å². The van der Waals surface area contributed by atoms with Crippen LogP contribution in [0.1, 0.15) is 58.3 Å². The third-order valence-electron chi connectivity index (χ3n) is 3.17. The summed E-state index contributed by atoms with van der Waals surface area (Å²) in [4.78, 5) is 11.8. The van der Waals surface area contributed by atoms with E-state index >= 15 is 0 Å². The summed E-state index contributed by atoms with van der Waals surface area (Å²) in [5.41, 5.74) is 1.19. The molecular weight excluding hydrogens is 188 g/mol. The van der Waals surface area contributed by atoms with Gasteiger partial charge in [-0.2, -0.15) is 0 Å². The quantitative estimate of drug-likeness (QED) is 0.750. The molecule has 0 amide bonds. The Labute approximate surface area is 91.7 Å². The molecule has 0 aliphatic heterocycles. The highest BCUT2D eigenvalue weighted by Gasteiger charge is 2.15. The SMILES string of the molecule is CC[C@@H](C)n1c(=O)cc(C)n1[C@@H](C)CC. The number of nitrogens with zero attached hydrogens (tertiary/aromatic N) is 2. The van der Waals surface area contributed by atoms with E-state index in [1.54, 1.807) is 6.07 Å². The molecule has 0 aliphatic rings. The predicted molar refractivity (Wildman–Crippen MR) is 63.4 cm³/mol. The van der Waals surface area contributed by atoms with Crippen LogP contribution in [-0.2, 0) is 0 Å². The molecule has 3 nitrogen and oxygen atoms in total. The summed E-state index contributed by atoms with van der Waals surface area (Å²) in [5, 5.41) is 0. The van der Waals surface area contributed by atoms with E-state index in [0.717, 1.165) is 18.5 Å². The summed E-state index contributed by atoms with van der Waals surface area (Å²) in [6.45, 7) is 10.5. The van der Waals surface area contributed by atoms with Crippen LogP contribution >= 0.6 is 0 Å². The molecule has 1 aromatic heterocycles. The lowest BCUT2D eigenvalue weighted by Gasteiger charge is -2.23. The largest absolute Gasteiger partial charge is 0.284 e. The van der Waals surface area contributed by atoms with Crippen molar-refractivity contribution in [1.29, 1.82) is 0 Å². The van der Waals surface area contributed by atoms with Crippen LogP contribution in [0.5, 0.6) is 0 Å². The zero-order valence-corrected chi connectivity index (χ0v) is 10.4. The van der Waals surface area contributed by atoms with Crippen molar-refractivity contribution >= 4 is 0 Å². The highest BCUT2D eigenvalue weighted by atomic mass is 16.1. The second kappa shape index (κ2) is 4.69. The Morgan fingerprint density at radius 2 is 1.60 bits per heavy atom. The molecule has 0 saturated heterocycles. The molecule has 15 heavy (non-hydrogen) atoms. The van der Waals surface area contributed by atoms with Gasteiger partial charge in [-0.1, -0.05) is 13.8 Å². The first-order chi connectivity index (χ1) is 7.02. The second-order valence-electron chi connectivity index (χ2n) is 4.33. The number of hydrogen-bond acceptors (Lipinski definition) is 1. The molecule has 0 saturated carbocycles. The lowest BCUT2D eigenvalue weighted by Crippen LogP contribution is -2.27. The van der Waals surface area contributed by atoms with Gasteiger partial charge in [0.2, 0.25) is 0 Å². The monoisotopic (exact) mass is 210 g/mol. The van der Waals surface area contributed by atoms with Crippen LogP contribution in [-0.4, -0.2) is 9.36 Å². The number of aryl methyl sites for hydroxylation is 1. The maximum absolute atomic E-state index is 11.8.